The number of nitrogens with one attached hydrogen (secondary N) is 1. The minimum atomic E-state index is 0.392. The van der Waals surface area contributed by atoms with E-state index in [-0.39, 0.29) is 0 Å². The molecule has 0 bridgehead atoms. The Morgan fingerprint density at radius 2 is 2.40 bits per heavy atom. The summed E-state index contributed by atoms with van der Waals surface area (Å²) >= 11 is 0. The van der Waals surface area contributed by atoms with E-state index in [1.54, 1.807) is 0 Å². The van der Waals surface area contributed by atoms with Crippen LogP contribution in [-0.4, -0.2) is 38.2 Å². The molecule has 0 aromatic rings. The number of rotatable bonds is 2. The molecule has 1 fully saturated rings. The van der Waals surface area contributed by atoms with E-state index in [1.165, 1.54) is 19.4 Å². The molecule has 1 heterocycles. The van der Waals surface area contributed by atoms with Crippen LogP contribution in [0.25, 0.3) is 0 Å². The van der Waals surface area contributed by atoms with E-state index in [2.05, 4.69) is 17.4 Å². The van der Waals surface area contributed by atoms with Gasteiger partial charge in [-0.15, -0.1) is 0 Å². The van der Waals surface area contributed by atoms with Crippen LogP contribution < -0.4 is 5.48 Å². The number of nitrogens with zero attached hydrogens (tertiary/aromatic N) is 1. The lowest BCUT2D eigenvalue weighted by atomic mass is 10.1. The average molecular weight is 144 g/mol. The molecular formula is C7H16N2O. The molecular weight excluding hydrogens is 128 g/mol. The molecule has 10 heavy (non-hydrogen) atoms. The third-order valence-corrected chi connectivity index (χ3v) is 1.87. The quantitative estimate of drug-likeness (QED) is 0.561. The van der Waals surface area contributed by atoms with Gasteiger partial charge in [-0.3, -0.25) is 4.84 Å². The minimum Gasteiger partial charge on any atom is -0.304 e. The largest absolute Gasteiger partial charge is 0.304 e. The number of hydrogen-bond acceptors (Lipinski definition) is 3. The van der Waals surface area contributed by atoms with Crippen LogP contribution >= 0.6 is 0 Å². The lowest BCUT2D eigenvalue weighted by Crippen LogP contribution is -2.38. The topological polar surface area (TPSA) is 24.5 Å². The number of hydroxylamine groups is 1. The van der Waals surface area contributed by atoms with Crippen LogP contribution in [0.2, 0.25) is 0 Å². The van der Waals surface area contributed by atoms with Gasteiger partial charge in [0.05, 0.1) is 6.10 Å². The van der Waals surface area contributed by atoms with Crippen molar-refractivity contribution in [1.82, 2.24) is 10.4 Å². The first kappa shape index (κ1) is 7.98. The predicted molar refractivity (Wildman–Crippen MR) is 40.7 cm³/mol. The number of likely N-dealkylation sites (N-methyl/N-ethyl adjacent to an activating group) is 1. The molecule has 0 spiro atoms. The molecule has 1 saturated heterocycles. The second kappa shape index (κ2) is 3.91. The monoisotopic (exact) mass is 144 g/mol. The third-order valence-electron chi connectivity index (χ3n) is 1.87. The Bertz CT molecular complexity index is 95.6. The lowest BCUT2D eigenvalue weighted by molar-refractivity contribution is -0.0446. The van der Waals surface area contributed by atoms with E-state index < -0.39 is 0 Å². The van der Waals surface area contributed by atoms with Crippen molar-refractivity contribution in [3.8, 4) is 0 Å². The van der Waals surface area contributed by atoms with E-state index in [0.717, 1.165) is 6.54 Å². The summed E-state index contributed by atoms with van der Waals surface area (Å²) in [5.41, 5.74) is 2.73. The van der Waals surface area contributed by atoms with Gasteiger partial charge in [-0.25, -0.2) is 5.48 Å². The summed E-state index contributed by atoms with van der Waals surface area (Å²) in [5.74, 6) is 0. The van der Waals surface area contributed by atoms with Gasteiger partial charge in [0.25, 0.3) is 0 Å². The summed E-state index contributed by atoms with van der Waals surface area (Å²) in [4.78, 5) is 7.56. The first-order chi connectivity index (χ1) is 4.83. The average Bonchev–Trinajstić information content (AvgIpc) is 1.88. The summed E-state index contributed by atoms with van der Waals surface area (Å²) in [6.07, 6.45) is 2.83. The van der Waals surface area contributed by atoms with E-state index in [0.29, 0.717) is 6.10 Å². The van der Waals surface area contributed by atoms with Crippen LogP contribution in [0, 0.1) is 0 Å². The summed E-state index contributed by atoms with van der Waals surface area (Å²) < 4.78 is 0. The highest BCUT2D eigenvalue weighted by Crippen LogP contribution is 2.09. The van der Waals surface area contributed by atoms with Crippen LogP contribution in [0.15, 0.2) is 0 Å². The molecule has 3 heteroatoms. The zero-order chi connectivity index (χ0) is 7.40. The Morgan fingerprint density at radius 3 is 3.00 bits per heavy atom. The molecule has 0 amide bonds. The Kier molecular flexibility index (Phi) is 3.12. The molecule has 0 radical (unpaired) electrons. The first-order valence-electron chi connectivity index (χ1n) is 3.84. The summed E-state index contributed by atoms with van der Waals surface area (Å²) in [6.45, 7) is 2.27. The smallest absolute Gasteiger partial charge is 0.0917 e. The zero-order valence-corrected chi connectivity index (χ0v) is 6.76. The van der Waals surface area contributed by atoms with Crippen LogP contribution in [-0.2, 0) is 4.84 Å². The summed E-state index contributed by atoms with van der Waals surface area (Å²) in [6, 6.07) is 0. The van der Waals surface area contributed by atoms with Crippen LogP contribution in [0.3, 0.4) is 0 Å². The molecule has 3 nitrogen and oxygen atoms in total. The number of hydrogen-bond donors (Lipinski definition) is 1. The highest BCUT2D eigenvalue weighted by Gasteiger charge is 2.16. The normalized spacial score (nSPS) is 28.8. The van der Waals surface area contributed by atoms with E-state index >= 15 is 0 Å². The van der Waals surface area contributed by atoms with Gasteiger partial charge < -0.3 is 4.90 Å². The van der Waals surface area contributed by atoms with Gasteiger partial charge in [-0.1, -0.05) is 0 Å². The van der Waals surface area contributed by atoms with Crippen molar-refractivity contribution < 1.29 is 4.84 Å². The molecule has 0 aliphatic carbocycles. The zero-order valence-electron chi connectivity index (χ0n) is 6.76. The third kappa shape index (κ3) is 2.25. The first-order valence-corrected chi connectivity index (χ1v) is 3.84. The number of likely N-dealkylation sites (tertiary alicyclic amines) is 1. The van der Waals surface area contributed by atoms with Gasteiger partial charge in [-0.2, -0.15) is 0 Å². The van der Waals surface area contributed by atoms with Crippen molar-refractivity contribution in [2.75, 3.05) is 27.2 Å². The lowest BCUT2D eigenvalue weighted by Gasteiger charge is -2.28. The maximum atomic E-state index is 5.26. The summed E-state index contributed by atoms with van der Waals surface area (Å²) in [5, 5.41) is 0. The van der Waals surface area contributed by atoms with Crippen LogP contribution in [0.5, 0.6) is 0 Å². The Morgan fingerprint density at radius 1 is 1.60 bits per heavy atom. The molecule has 1 N–H and O–H groups in total. The van der Waals surface area contributed by atoms with Gasteiger partial charge in [0.2, 0.25) is 0 Å². The molecule has 0 aromatic carbocycles. The Labute approximate surface area is 62.3 Å². The van der Waals surface area contributed by atoms with Crippen LogP contribution in [0.1, 0.15) is 12.8 Å². The SMILES string of the molecule is CNOC1CCCN(C)C1. The minimum absolute atomic E-state index is 0.392. The second-order valence-corrected chi connectivity index (χ2v) is 2.85. The fraction of sp³-hybridized carbons (Fsp3) is 1.00. The highest BCUT2D eigenvalue weighted by molar-refractivity contribution is 4.69. The summed E-state index contributed by atoms with van der Waals surface area (Å²) in [7, 11) is 3.94. The van der Waals surface area contributed by atoms with E-state index in [4.69, 9.17) is 4.84 Å². The molecule has 60 valence electrons. The molecule has 0 aromatic heterocycles. The van der Waals surface area contributed by atoms with Crippen molar-refractivity contribution in [2.45, 2.75) is 18.9 Å². The van der Waals surface area contributed by atoms with Gasteiger partial charge in [-0.05, 0) is 26.4 Å². The Balaban J connectivity index is 2.18. The fourth-order valence-electron chi connectivity index (χ4n) is 1.38. The predicted octanol–water partition coefficient (Wildman–Crippen LogP) is 0.232. The van der Waals surface area contributed by atoms with Crippen LogP contribution in [0.4, 0.5) is 0 Å². The second-order valence-electron chi connectivity index (χ2n) is 2.85. The van der Waals surface area contributed by atoms with Crippen molar-refractivity contribution in [3.05, 3.63) is 0 Å². The van der Waals surface area contributed by atoms with Gasteiger partial charge in [0.1, 0.15) is 0 Å². The maximum Gasteiger partial charge on any atom is 0.0917 e. The highest BCUT2D eigenvalue weighted by atomic mass is 16.7. The molecule has 1 aliphatic heterocycles. The molecule has 1 unspecified atom stereocenters. The van der Waals surface area contributed by atoms with Crippen molar-refractivity contribution in [3.63, 3.8) is 0 Å². The standard InChI is InChI=1S/C7H16N2O/c1-8-10-7-4-3-5-9(2)6-7/h7-8H,3-6H2,1-2H3. The Hall–Kier alpha value is -0.120. The molecule has 1 aliphatic rings. The van der Waals surface area contributed by atoms with E-state index in [1.807, 2.05) is 7.05 Å². The van der Waals surface area contributed by atoms with Crippen molar-refractivity contribution >= 4 is 0 Å². The van der Waals surface area contributed by atoms with Gasteiger partial charge in [0, 0.05) is 13.6 Å². The van der Waals surface area contributed by atoms with Crippen molar-refractivity contribution in [1.29, 1.82) is 0 Å². The van der Waals surface area contributed by atoms with E-state index in [9.17, 15) is 0 Å². The van der Waals surface area contributed by atoms with Crippen molar-refractivity contribution in [2.24, 2.45) is 0 Å². The fourth-order valence-corrected chi connectivity index (χ4v) is 1.38. The van der Waals surface area contributed by atoms with Gasteiger partial charge in [0.15, 0.2) is 0 Å². The molecule has 1 rings (SSSR count). The van der Waals surface area contributed by atoms with Gasteiger partial charge >= 0.3 is 0 Å². The number of piperidine rings is 1. The molecule has 1 atom stereocenters. The molecule has 0 saturated carbocycles. The maximum absolute atomic E-state index is 5.26.